The van der Waals surface area contributed by atoms with E-state index in [1.165, 1.54) is 12.1 Å². The van der Waals surface area contributed by atoms with Crippen LogP contribution in [0.4, 0.5) is 4.39 Å². The Bertz CT molecular complexity index is 631. The Morgan fingerprint density at radius 2 is 1.57 bits per heavy atom. The van der Waals surface area contributed by atoms with Crippen molar-refractivity contribution in [2.75, 3.05) is 26.2 Å². The van der Waals surface area contributed by atoms with E-state index in [1.807, 2.05) is 9.80 Å². The summed E-state index contributed by atoms with van der Waals surface area (Å²) in [4.78, 5) is 28.0. The molecule has 1 aliphatic carbocycles. The molecular weight excluding hydrogens is 295 g/mol. The lowest BCUT2D eigenvalue weighted by atomic mass is 10.0. The molecule has 1 saturated carbocycles. The summed E-state index contributed by atoms with van der Waals surface area (Å²) in [5.41, 5.74) is 1.06. The SMILES string of the molecule is CC(=O)N1CC2CN(C(=O)C3CC3c3ccc(F)cc3)CC2C1. The van der Waals surface area contributed by atoms with Gasteiger partial charge in [0.05, 0.1) is 0 Å². The molecule has 0 N–H and O–H groups in total. The zero-order valence-electron chi connectivity index (χ0n) is 13.2. The van der Waals surface area contributed by atoms with Gasteiger partial charge in [-0.2, -0.15) is 0 Å². The third kappa shape index (κ3) is 2.62. The van der Waals surface area contributed by atoms with E-state index < -0.39 is 0 Å². The highest BCUT2D eigenvalue weighted by Gasteiger charge is 2.49. The number of rotatable bonds is 2. The van der Waals surface area contributed by atoms with Gasteiger partial charge in [-0.25, -0.2) is 4.39 Å². The van der Waals surface area contributed by atoms with E-state index in [1.54, 1.807) is 19.1 Å². The Hall–Kier alpha value is -1.91. The first kappa shape index (κ1) is 14.7. The fourth-order valence-electron chi connectivity index (χ4n) is 4.21. The topological polar surface area (TPSA) is 40.6 Å². The molecule has 3 fully saturated rings. The molecule has 4 rings (SSSR count). The van der Waals surface area contributed by atoms with Gasteiger partial charge in [0.15, 0.2) is 0 Å². The van der Waals surface area contributed by atoms with Crippen LogP contribution in [0.2, 0.25) is 0 Å². The van der Waals surface area contributed by atoms with Crippen LogP contribution in [0.15, 0.2) is 24.3 Å². The number of benzene rings is 1. The van der Waals surface area contributed by atoms with Gasteiger partial charge in [-0.1, -0.05) is 12.1 Å². The monoisotopic (exact) mass is 316 g/mol. The molecule has 1 aromatic rings. The minimum atomic E-state index is -0.236. The second-order valence-corrected chi connectivity index (χ2v) is 7.19. The van der Waals surface area contributed by atoms with Crippen LogP contribution >= 0.6 is 0 Å². The number of carbonyl (C=O) groups is 2. The molecule has 0 aromatic heterocycles. The van der Waals surface area contributed by atoms with Crippen LogP contribution < -0.4 is 0 Å². The predicted octanol–water partition coefficient (Wildman–Crippen LogP) is 1.87. The van der Waals surface area contributed by atoms with Crippen molar-refractivity contribution in [3.05, 3.63) is 35.6 Å². The fraction of sp³-hybridized carbons (Fsp3) is 0.556. The first-order chi connectivity index (χ1) is 11.0. The number of nitrogens with zero attached hydrogens (tertiary/aromatic N) is 2. The summed E-state index contributed by atoms with van der Waals surface area (Å²) in [7, 11) is 0. The van der Waals surface area contributed by atoms with Crippen molar-refractivity contribution in [3.63, 3.8) is 0 Å². The summed E-state index contributed by atoms with van der Waals surface area (Å²) in [6, 6.07) is 6.50. The summed E-state index contributed by atoms with van der Waals surface area (Å²) in [6.45, 7) is 4.74. The van der Waals surface area contributed by atoms with Gasteiger partial charge in [-0.15, -0.1) is 0 Å². The Morgan fingerprint density at radius 1 is 1.00 bits per heavy atom. The maximum Gasteiger partial charge on any atom is 0.226 e. The third-order valence-corrected chi connectivity index (χ3v) is 5.65. The highest BCUT2D eigenvalue weighted by atomic mass is 19.1. The Kier molecular flexibility index (Phi) is 3.39. The van der Waals surface area contributed by atoms with Crippen molar-refractivity contribution in [2.45, 2.75) is 19.3 Å². The highest BCUT2D eigenvalue weighted by molar-refractivity contribution is 5.83. The number of fused-ring (bicyclic) bond motifs is 1. The molecule has 0 spiro atoms. The molecular formula is C18H21FN2O2. The molecule has 122 valence electrons. The first-order valence-corrected chi connectivity index (χ1v) is 8.32. The van der Waals surface area contributed by atoms with Crippen LogP contribution in [0.1, 0.15) is 24.8 Å². The normalized spacial score (nSPS) is 32.1. The van der Waals surface area contributed by atoms with Gasteiger partial charge in [0.25, 0.3) is 0 Å². The lowest BCUT2D eigenvalue weighted by Crippen LogP contribution is -2.35. The third-order valence-electron chi connectivity index (χ3n) is 5.65. The molecule has 0 bridgehead atoms. The minimum absolute atomic E-state index is 0.0585. The van der Waals surface area contributed by atoms with Gasteiger partial charge in [0, 0.05) is 50.9 Å². The number of halogens is 1. The minimum Gasteiger partial charge on any atom is -0.342 e. The van der Waals surface area contributed by atoms with E-state index in [2.05, 4.69) is 0 Å². The van der Waals surface area contributed by atoms with E-state index in [0.717, 1.165) is 38.2 Å². The Balaban J connectivity index is 1.35. The van der Waals surface area contributed by atoms with E-state index >= 15 is 0 Å². The molecule has 2 heterocycles. The van der Waals surface area contributed by atoms with Crippen LogP contribution in [0.3, 0.4) is 0 Å². The predicted molar refractivity (Wildman–Crippen MR) is 83.1 cm³/mol. The Morgan fingerprint density at radius 3 is 2.13 bits per heavy atom. The molecule has 2 aliphatic heterocycles. The molecule has 2 amide bonds. The molecule has 1 aromatic carbocycles. The number of amides is 2. The van der Waals surface area contributed by atoms with E-state index in [0.29, 0.717) is 11.8 Å². The zero-order valence-corrected chi connectivity index (χ0v) is 13.2. The van der Waals surface area contributed by atoms with Crippen LogP contribution in [0.5, 0.6) is 0 Å². The van der Waals surface area contributed by atoms with E-state index in [-0.39, 0.29) is 29.5 Å². The fourth-order valence-corrected chi connectivity index (χ4v) is 4.21. The maximum absolute atomic E-state index is 13.0. The van der Waals surface area contributed by atoms with Gasteiger partial charge in [-0.05, 0) is 30.0 Å². The van der Waals surface area contributed by atoms with Crippen molar-refractivity contribution in [3.8, 4) is 0 Å². The van der Waals surface area contributed by atoms with Crippen molar-refractivity contribution in [2.24, 2.45) is 17.8 Å². The van der Waals surface area contributed by atoms with Gasteiger partial charge in [-0.3, -0.25) is 9.59 Å². The first-order valence-electron chi connectivity index (χ1n) is 8.32. The number of hydrogen-bond acceptors (Lipinski definition) is 2. The smallest absolute Gasteiger partial charge is 0.226 e. The van der Waals surface area contributed by atoms with Crippen LogP contribution in [-0.4, -0.2) is 47.8 Å². The second kappa shape index (κ2) is 5.32. The van der Waals surface area contributed by atoms with Crippen molar-refractivity contribution < 1.29 is 14.0 Å². The lowest BCUT2D eigenvalue weighted by Gasteiger charge is -2.21. The van der Waals surface area contributed by atoms with Crippen LogP contribution in [-0.2, 0) is 9.59 Å². The molecule has 4 nitrogen and oxygen atoms in total. The second-order valence-electron chi connectivity index (χ2n) is 7.19. The zero-order chi connectivity index (χ0) is 16.1. The van der Waals surface area contributed by atoms with E-state index in [9.17, 15) is 14.0 Å². The molecule has 0 radical (unpaired) electrons. The van der Waals surface area contributed by atoms with Gasteiger partial charge in [0.1, 0.15) is 5.82 Å². The maximum atomic E-state index is 13.0. The largest absolute Gasteiger partial charge is 0.342 e. The summed E-state index contributed by atoms with van der Waals surface area (Å²) >= 11 is 0. The summed E-state index contributed by atoms with van der Waals surface area (Å²) in [6.07, 6.45) is 0.871. The summed E-state index contributed by atoms with van der Waals surface area (Å²) in [5, 5.41) is 0. The van der Waals surface area contributed by atoms with Crippen molar-refractivity contribution >= 4 is 11.8 Å². The average Bonchev–Trinajstić information content (AvgIpc) is 3.05. The Labute approximate surface area is 135 Å². The van der Waals surface area contributed by atoms with Gasteiger partial charge >= 0.3 is 0 Å². The van der Waals surface area contributed by atoms with Crippen molar-refractivity contribution in [1.82, 2.24) is 9.80 Å². The molecule has 2 saturated heterocycles. The number of carbonyl (C=O) groups excluding carboxylic acids is 2. The highest BCUT2D eigenvalue weighted by Crippen LogP contribution is 2.49. The molecule has 4 atom stereocenters. The quantitative estimate of drug-likeness (QED) is 0.836. The van der Waals surface area contributed by atoms with Gasteiger partial charge in [0.2, 0.25) is 11.8 Å². The molecule has 23 heavy (non-hydrogen) atoms. The summed E-state index contributed by atoms with van der Waals surface area (Å²) in [5.74, 6) is 1.32. The summed E-state index contributed by atoms with van der Waals surface area (Å²) < 4.78 is 13.0. The van der Waals surface area contributed by atoms with Gasteiger partial charge < -0.3 is 9.80 Å². The van der Waals surface area contributed by atoms with E-state index in [4.69, 9.17) is 0 Å². The van der Waals surface area contributed by atoms with Crippen LogP contribution in [0, 0.1) is 23.6 Å². The van der Waals surface area contributed by atoms with Crippen LogP contribution in [0.25, 0.3) is 0 Å². The number of likely N-dealkylation sites (tertiary alicyclic amines) is 2. The standard InChI is InChI=1S/C18H21FN2O2/c1-11(22)20-7-13-9-21(10-14(13)8-20)18(23)17-6-16(17)12-2-4-15(19)5-3-12/h2-5,13-14,16-17H,6-10H2,1H3. The molecule has 5 heteroatoms. The van der Waals surface area contributed by atoms with Crippen molar-refractivity contribution in [1.29, 1.82) is 0 Å². The lowest BCUT2D eigenvalue weighted by molar-refractivity contribution is -0.132. The average molecular weight is 316 g/mol. The number of hydrogen-bond donors (Lipinski definition) is 0. The molecule has 4 unspecified atom stereocenters. The molecule has 3 aliphatic rings.